The number of nitrogens with zero attached hydrogens (tertiary/aromatic N) is 1. The highest BCUT2D eigenvalue weighted by atomic mass is 16.6. The molecular formula is C18H13NO6. The van der Waals surface area contributed by atoms with Crippen LogP contribution in [0.4, 0.5) is 5.69 Å². The summed E-state index contributed by atoms with van der Waals surface area (Å²) in [5.74, 6) is 0.493. The van der Waals surface area contributed by atoms with Gasteiger partial charge < -0.3 is 9.47 Å². The van der Waals surface area contributed by atoms with Gasteiger partial charge in [0, 0.05) is 18.2 Å². The number of benzene rings is 2. The van der Waals surface area contributed by atoms with Crippen LogP contribution in [0.2, 0.25) is 0 Å². The van der Waals surface area contributed by atoms with E-state index in [2.05, 4.69) is 0 Å². The van der Waals surface area contributed by atoms with Crippen molar-refractivity contribution in [1.29, 1.82) is 0 Å². The second kappa shape index (κ2) is 6.56. The van der Waals surface area contributed by atoms with Crippen molar-refractivity contribution < 1.29 is 24.0 Å². The lowest BCUT2D eigenvalue weighted by Crippen LogP contribution is -2.06. The Labute approximate surface area is 142 Å². The van der Waals surface area contributed by atoms with Gasteiger partial charge in [0.05, 0.1) is 10.5 Å². The summed E-state index contributed by atoms with van der Waals surface area (Å²) >= 11 is 0. The predicted octanol–water partition coefficient (Wildman–Crippen LogP) is 3.18. The number of hydrogen-bond acceptors (Lipinski definition) is 6. The fourth-order valence-corrected chi connectivity index (χ4v) is 2.29. The van der Waals surface area contributed by atoms with Gasteiger partial charge in [-0.25, -0.2) is 0 Å². The fraction of sp³-hybridized carbons (Fsp3) is 0.111. The molecule has 3 rings (SSSR count). The standard InChI is InChI=1S/C18H13NO6/c1-11(20)10-24-14-6-7-15-16(9-14)25-17(18(15)21)8-12-2-4-13(5-3-12)19(22)23/h2-9H,10H2,1H3/b17-8+. The normalized spacial score (nSPS) is 14.1. The van der Waals surface area contributed by atoms with E-state index in [1.807, 2.05) is 0 Å². The molecule has 0 fully saturated rings. The van der Waals surface area contributed by atoms with Gasteiger partial charge >= 0.3 is 0 Å². The molecule has 25 heavy (non-hydrogen) atoms. The van der Waals surface area contributed by atoms with Gasteiger partial charge in [0.2, 0.25) is 5.78 Å². The van der Waals surface area contributed by atoms with Crippen LogP contribution in [0.25, 0.3) is 6.08 Å². The van der Waals surface area contributed by atoms with Crippen molar-refractivity contribution in [3.63, 3.8) is 0 Å². The number of ketones is 2. The lowest BCUT2D eigenvalue weighted by molar-refractivity contribution is -0.384. The maximum Gasteiger partial charge on any atom is 0.269 e. The Morgan fingerprint density at radius 2 is 1.96 bits per heavy atom. The number of non-ortho nitro benzene ring substituents is 1. The Balaban J connectivity index is 1.81. The average molecular weight is 339 g/mol. The first-order chi connectivity index (χ1) is 11.9. The van der Waals surface area contributed by atoms with Crippen molar-refractivity contribution >= 4 is 23.3 Å². The van der Waals surface area contributed by atoms with Gasteiger partial charge in [0.25, 0.3) is 5.69 Å². The van der Waals surface area contributed by atoms with Crippen LogP contribution in [-0.2, 0) is 4.79 Å². The third-order valence-corrected chi connectivity index (χ3v) is 3.49. The maximum atomic E-state index is 12.4. The van der Waals surface area contributed by atoms with Crippen LogP contribution in [0.5, 0.6) is 11.5 Å². The number of fused-ring (bicyclic) bond motifs is 1. The van der Waals surface area contributed by atoms with Gasteiger partial charge in [-0.1, -0.05) is 0 Å². The van der Waals surface area contributed by atoms with Gasteiger partial charge in [-0.2, -0.15) is 0 Å². The van der Waals surface area contributed by atoms with E-state index in [1.54, 1.807) is 18.2 Å². The molecule has 2 aromatic carbocycles. The van der Waals surface area contributed by atoms with E-state index in [-0.39, 0.29) is 29.6 Å². The van der Waals surface area contributed by atoms with E-state index in [0.29, 0.717) is 22.6 Å². The SMILES string of the molecule is CC(=O)COc1ccc2c(c1)O/C(=C/c1ccc([N+](=O)[O-])cc1)C2=O. The summed E-state index contributed by atoms with van der Waals surface area (Å²) in [6.07, 6.45) is 1.52. The Morgan fingerprint density at radius 3 is 2.60 bits per heavy atom. The van der Waals surface area contributed by atoms with E-state index in [1.165, 1.54) is 37.3 Å². The highest BCUT2D eigenvalue weighted by Gasteiger charge is 2.27. The molecule has 0 amide bonds. The van der Waals surface area contributed by atoms with Gasteiger partial charge in [0.15, 0.2) is 11.5 Å². The number of allylic oxidation sites excluding steroid dienone is 1. The number of carbonyl (C=O) groups excluding carboxylic acids is 2. The molecule has 126 valence electrons. The Morgan fingerprint density at radius 1 is 1.24 bits per heavy atom. The number of carbonyl (C=O) groups is 2. The summed E-state index contributed by atoms with van der Waals surface area (Å²) in [6.45, 7) is 1.36. The maximum absolute atomic E-state index is 12.4. The van der Waals surface area contributed by atoms with Crippen molar-refractivity contribution in [2.75, 3.05) is 6.61 Å². The molecule has 1 aliphatic rings. The van der Waals surface area contributed by atoms with Crippen LogP contribution >= 0.6 is 0 Å². The summed E-state index contributed by atoms with van der Waals surface area (Å²) < 4.78 is 10.9. The predicted molar refractivity (Wildman–Crippen MR) is 88.6 cm³/mol. The van der Waals surface area contributed by atoms with Crippen LogP contribution in [-0.4, -0.2) is 23.1 Å². The minimum atomic E-state index is -0.493. The summed E-state index contributed by atoms with van der Waals surface area (Å²) in [7, 11) is 0. The van der Waals surface area contributed by atoms with Crippen LogP contribution in [0.15, 0.2) is 48.2 Å². The second-order valence-electron chi connectivity index (χ2n) is 5.44. The van der Waals surface area contributed by atoms with Crippen LogP contribution in [0, 0.1) is 10.1 Å². The lowest BCUT2D eigenvalue weighted by atomic mass is 10.1. The highest BCUT2D eigenvalue weighted by Crippen LogP contribution is 2.35. The zero-order chi connectivity index (χ0) is 18.0. The van der Waals surface area contributed by atoms with Crippen LogP contribution < -0.4 is 9.47 Å². The zero-order valence-electron chi connectivity index (χ0n) is 13.2. The third-order valence-electron chi connectivity index (χ3n) is 3.49. The monoisotopic (exact) mass is 339 g/mol. The van der Waals surface area contributed by atoms with Crippen LogP contribution in [0.3, 0.4) is 0 Å². The Hall–Kier alpha value is -3.48. The molecule has 0 radical (unpaired) electrons. The van der Waals surface area contributed by atoms with E-state index >= 15 is 0 Å². The first kappa shape index (κ1) is 16.4. The van der Waals surface area contributed by atoms with E-state index in [0.717, 1.165) is 0 Å². The molecule has 0 saturated heterocycles. The van der Waals surface area contributed by atoms with Crippen molar-refractivity contribution in [2.45, 2.75) is 6.92 Å². The molecule has 0 bridgehead atoms. The molecular weight excluding hydrogens is 326 g/mol. The minimum absolute atomic E-state index is 0.0311. The zero-order valence-corrected chi connectivity index (χ0v) is 13.2. The van der Waals surface area contributed by atoms with Gasteiger partial charge in [-0.05, 0) is 42.8 Å². The first-order valence-electron chi connectivity index (χ1n) is 7.39. The first-order valence-corrected chi connectivity index (χ1v) is 7.39. The van der Waals surface area contributed by atoms with E-state index < -0.39 is 4.92 Å². The summed E-state index contributed by atoms with van der Waals surface area (Å²) in [5.41, 5.74) is 0.967. The molecule has 0 aromatic heterocycles. The minimum Gasteiger partial charge on any atom is -0.486 e. The molecule has 7 heteroatoms. The van der Waals surface area contributed by atoms with Crippen molar-refractivity contribution in [2.24, 2.45) is 0 Å². The van der Waals surface area contributed by atoms with Crippen LogP contribution in [0.1, 0.15) is 22.8 Å². The largest absolute Gasteiger partial charge is 0.486 e. The highest BCUT2D eigenvalue weighted by molar-refractivity contribution is 6.14. The van der Waals surface area contributed by atoms with Gasteiger partial charge in [-0.3, -0.25) is 19.7 Å². The Kier molecular flexibility index (Phi) is 4.30. The lowest BCUT2D eigenvalue weighted by Gasteiger charge is -2.04. The number of rotatable bonds is 5. The van der Waals surface area contributed by atoms with Crippen molar-refractivity contribution in [3.05, 3.63) is 69.5 Å². The molecule has 0 aliphatic carbocycles. The third kappa shape index (κ3) is 3.55. The molecule has 0 N–H and O–H groups in total. The number of nitro groups is 1. The smallest absolute Gasteiger partial charge is 0.269 e. The van der Waals surface area contributed by atoms with E-state index in [4.69, 9.17) is 9.47 Å². The second-order valence-corrected chi connectivity index (χ2v) is 5.44. The van der Waals surface area contributed by atoms with Gasteiger partial charge in [-0.15, -0.1) is 0 Å². The molecule has 0 unspecified atom stereocenters. The molecule has 1 aliphatic heterocycles. The van der Waals surface area contributed by atoms with E-state index in [9.17, 15) is 19.7 Å². The number of ether oxygens (including phenoxy) is 2. The number of nitro benzene ring substituents is 1. The number of Topliss-reactive ketones (excluding diaryl/α,β-unsaturated/α-hetero) is 2. The van der Waals surface area contributed by atoms with Crippen molar-refractivity contribution in [1.82, 2.24) is 0 Å². The molecule has 0 spiro atoms. The molecule has 0 atom stereocenters. The van der Waals surface area contributed by atoms with Crippen molar-refractivity contribution in [3.8, 4) is 11.5 Å². The quantitative estimate of drug-likeness (QED) is 0.471. The Bertz CT molecular complexity index is 898. The molecule has 7 nitrogen and oxygen atoms in total. The molecule has 0 saturated carbocycles. The fourth-order valence-electron chi connectivity index (χ4n) is 2.29. The summed E-state index contributed by atoms with van der Waals surface area (Å²) in [4.78, 5) is 33.5. The summed E-state index contributed by atoms with van der Waals surface area (Å²) in [5, 5.41) is 10.7. The molecule has 1 heterocycles. The van der Waals surface area contributed by atoms with Gasteiger partial charge in [0.1, 0.15) is 18.1 Å². The number of hydrogen-bond donors (Lipinski definition) is 0. The topological polar surface area (TPSA) is 95.7 Å². The summed E-state index contributed by atoms with van der Waals surface area (Å²) in [6, 6.07) is 10.5. The molecule has 2 aromatic rings. The average Bonchev–Trinajstić information content (AvgIpc) is 2.89.